The maximum Gasteiger partial charge on any atom is 0.306 e. The lowest BCUT2D eigenvalue weighted by molar-refractivity contribution is -0.143. The summed E-state index contributed by atoms with van der Waals surface area (Å²) in [6, 6.07) is 8.18. The third-order valence-corrected chi connectivity index (χ3v) is 4.43. The van der Waals surface area contributed by atoms with Crippen molar-refractivity contribution >= 4 is 29.2 Å². The first-order valence-corrected chi connectivity index (χ1v) is 8.54. The summed E-state index contributed by atoms with van der Waals surface area (Å²) in [6.45, 7) is 2.29. The van der Waals surface area contributed by atoms with Crippen LogP contribution in [-0.2, 0) is 22.5 Å². The molecule has 3 N–H and O–H groups in total. The molecular weight excluding hydrogens is 365 g/mol. The predicted molar refractivity (Wildman–Crippen MR) is 97.5 cm³/mol. The van der Waals surface area contributed by atoms with Gasteiger partial charge in [0.25, 0.3) is 0 Å². The van der Waals surface area contributed by atoms with Gasteiger partial charge in [-0.25, -0.2) is 0 Å². The summed E-state index contributed by atoms with van der Waals surface area (Å²) >= 11 is 12.6. The zero-order valence-corrected chi connectivity index (χ0v) is 15.2. The first-order chi connectivity index (χ1) is 12.0. The predicted octanol–water partition coefficient (Wildman–Crippen LogP) is 4.45. The van der Waals surface area contributed by atoms with Crippen LogP contribution in [0.1, 0.15) is 24.5 Å². The first kappa shape index (κ1) is 19.4. The third kappa shape index (κ3) is 5.01. The van der Waals surface area contributed by atoms with Crippen LogP contribution in [0.2, 0.25) is 10.0 Å². The number of ether oxygens (including phenoxy) is 2. The number of aromatic hydroxyl groups is 1. The van der Waals surface area contributed by atoms with Crippen molar-refractivity contribution in [2.75, 3.05) is 6.61 Å². The molecule has 0 saturated heterocycles. The number of halogens is 2. The molecule has 0 aliphatic carbocycles. The molecule has 0 aliphatic heterocycles. The van der Waals surface area contributed by atoms with Crippen LogP contribution < -0.4 is 10.5 Å². The van der Waals surface area contributed by atoms with E-state index in [1.807, 2.05) is 0 Å². The average molecular weight is 384 g/mol. The number of esters is 1. The largest absolute Gasteiger partial charge is 0.508 e. The van der Waals surface area contributed by atoms with Crippen LogP contribution >= 0.6 is 23.2 Å². The Bertz CT molecular complexity index is 765. The maximum absolute atomic E-state index is 11.5. The fourth-order valence-corrected chi connectivity index (χ4v) is 2.70. The number of hydrogen-bond donors (Lipinski definition) is 2. The van der Waals surface area contributed by atoms with Crippen molar-refractivity contribution in [2.45, 2.75) is 26.3 Å². The molecule has 0 heterocycles. The summed E-state index contributed by atoms with van der Waals surface area (Å²) < 4.78 is 10.6. The van der Waals surface area contributed by atoms with Crippen molar-refractivity contribution < 1.29 is 19.4 Å². The van der Waals surface area contributed by atoms with Gasteiger partial charge in [-0.05, 0) is 43.2 Å². The van der Waals surface area contributed by atoms with Crippen molar-refractivity contribution in [1.29, 1.82) is 0 Å². The lowest BCUT2D eigenvalue weighted by Gasteiger charge is -2.13. The van der Waals surface area contributed by atoms with Crippen LogP contribution in [0.25, 0.3) is 0 Å². The first-order valence-electron chi connectivity index (χ1n) is 7.78. The third-order valence-electron chi connectivity index (χ3n) is 3.53. The van der Waals surface area contributed by atoms with Crippen molar-refractivity contribution in [3.8, 4) is 17.2 Å². The molecule has 0 bridgehead atoms. The number of carbonyl (C=O) groups is 1. The summed E-state index contributed by atoms with van der Waals surface area (Å²) in [5.41, 5.74) is 6.86. The highest BCUT2D eigenvalue weighted by molar-refractivity contribution is 6.43. The Morgan fingerprint density at radius 2 is 1.92 bits per heavy atom. The molecule has 0 spiro atoms. The molecule has 0 fully saturated rings. The second-order valence-electron chi connectivity index (χ2n) is 5.25. The van der Waals surface area contributed by atoms with Crippen LogP contribution in [0.3, 0.4) is 0 Å². The minimum atomic E-state index is -0.284. The number of rotatable bonds is 7. The van der Waals surface area contributed by atoms with Crippen LogP contribution in [0, 0.1) is 0 Å². The second-order valence-corrected chi connectivity index (χ2v) is 6.01. The number of aryl methyl sites for hydroxylation is 1. The number of benzene rings is 2. The Morgan fingerprint density at radius 3 is 2.60 bits per heavy atom. The van der Waals surface area contributed by atoms with Gasteiger partial charge in [-0.1, -0.05) is 29.3 Å². The van der Waals surface area contributed by atoms with Gasteiger partial charge in [0.1, 0.15) is 22.3 Å². The molecule has 2 aromatic carbocycles. The topological polar surface area (TPSA) is 81.8 Å². The van der Waals surface area contributed by atoms with E-state index in [2.05, 4.69) is 0 Å². The van der Waals surface area contributed by atoms with Crippen molar-refractivity contribution in [3.63, 3.8) is 0 Å². The van der Waals surface area contributed by atoms with E-state index in [1.54, 1.807) is 31.2 Å². The molecule has 25 heavy (non-hydrogen) atoms. The Kier molecular flexibility index (Phi) is 6.93. The van der Waals surface area contributed by atoms with Crippen LogP contribution in [0.5, 0.6) is 17.2 Å². The molecule has 0 amide bonds. The van der Waals surface area contributed by atoms with Gasteiger partial charge in [0.05, 0.1) is 11.6 Å². The van der Waals surface area contributed by atoms with Crippen LogP contribution in [0.4, 0.5) is 0 Å². The van der Waals surface area contributed by atoms with E-state index < -0.39 is 0 Å². The Hall–Kier alpha value is -1.95. The summed E-state index contributed by atoms with van der Waals surface area (Å²) in [5, 5.41) is 10.2. The standard InChI is InChI=1S/C18H19Cl2NO4/c1-2-24-16(23)8-4-11-3-7-15(18(20)17(11)19)25-13-5-6-14(22)12(9-13)10-21/h3,5-7,9,22H,2,4,8,10,21H2,1H3. The van der Waals surface area contributed by atoms with Gasteiger partial charge in [0.2, 0.25) is 0 Å². The van der Waals surface area contributed by atoms with Crippen LogP contribution in [0.15, 0.2) is 30.3 Å². The van der Waals surface area contributed by atoms with E-state index in [0.717, 1.165) is 5.56 Å². The van der Waals surface area contributed by atoms with E-state index in [-0.39, 0.29) is 29.7 Å². The minimum absolute atomic E-state index is 0.105. The number of hydrogen-bond acceptors (Lipinski definition) is 5. The average Bonchev–Trinajstić information content (AvgIpc) is 2.60. The summed E-state index contributed by atoms with van der Waals surface area (Å²) in [7, 11) is 0. The minimum Gasteiger partial charge on any atom is -0.508 e. The highest BCUT2D eigenvalue weighted by atomic mass is 35.5. The van der Waals surface area contributed by atoms with Gasteiger partial charge in [0, 0.05) is 18.5 Å². The zero-order valence-electron chi connectivity index (χ0n) is 13.7. The Morgan fingerprint density at radius 1 is 1.16 bits per heavy atom. The summed E-state index contributed by atoms with van der Waals surface area (Å²) in [6.07, 6.45) is 0.649. The maximum atomic E-state index is 11.5. The lowest BCUT2D eigenvalue weighted by Crippen LogP contribution is -2.05. The van der Waals surface area contributed by atoms with Gasteiger partial charge in [-0.2, -0.15) is 0 Å². The normalized spacial score (nSPS) is 10.6. The van der Waals surface area contributed by atoms with E-state index in [0.29, 0.717) is 35.1 Å². The molecule has 0 unspecified atom stereocenters. The molecule has 0 aliphatic rings. The molecule has 0 atom stereocenters. The molecule has 7 heteroatoms. The lowest BCUT2D eigenvalue weighted by atomic mass is 10.1. The van der Waals surface area contributed by atoms with Gasteiger partial charge < -0.3 is 20.3 Å². The number of phenolic OH excluding ortho intramolecular Hbond substituents is 1. The Labute approximate surface area is 156 Å². The molecule has 2 aromatic rings. The fraction of sp³-hybridized carbons (Fsp3) is 0.278. The quantitative estimate of drug-likeness (QED) is 0.690. The highest BCUT2D eigenvalue weighted by Gasteiger charge is 2.14. The number of nitrogens with two attached hydrogens (primary N) is 1. The van der Waals surface area contributed by atoms with E-state index in [1.165, 1.54) is 6.07 Å². The molecule has 0 aromatic heterocycles. The van der Waals surface area contributed by atoms with Crippen molar-refractivity contribution in [3.05, 3.63) is 51.5 Å². The monoisotopic (exact) mass is 383 g/mol. The molecule has 0 radical (unpaired) electrons. The molecule has 5 nitrogen and oxygen atoms in total. The summed E-state index contributed by atoms with van der Waals surface area (Å²) in [5.74, 6) is 0.678. The zero-order chi connectivity index (χ0) is 18.4. The van der Waals surface area contributed by atoms with Gasteiger partial charge in [-0.15, -0.1) is 0 Å². The SMILES string of the molecule is CCOC(=O)CCc1ccc(Oc2ccc(O)c(CN)c2)c(Cl)c1Cl. The van der Waals surface area contributed by atoms with E-state index in [9.17, 15) is 9.90 Å². The smallest absolute Gasteiger partial charge is 0.306 e. The number of phenols is 1. The highest BCUT2D eigenvalue weighted by Crippen LogP contribution is 2.38. The molecule has 0 saturated carbocycles. The van der Waals surface area contributed by atoms with Gasteiger partial charge in [-0.3, -0.25) is 4.79 Å². The van der Waals surface area contributed by atoms with Crippen LogP contribution in [-0.4, -0.2) is 17.7 Å². The molecular formula is C18H19Cl2NO4. The molecule has 134 valence electrons. The summed E-state index contributed by atoms with van der Waals surface area (Å²) in [4.78, 5) is 11.5. The fourth-order valence-electron chi connectivity index (χ4n) is 2.23. The second kappa shape index (κ2) is 8.94. The molecule has 2 rings (SSSR count). The van der Waals surface area contributed by atoms with Gasteiger partial charge >= 0.3 is 5.97 Å². The Balaban J connectivity index is 2.15. The van der Waals surface area contributed by atoms with Gasteiger partial charge in [0.15, 0.2) is 0 Å². The van der Waals surface area contributed by atoms with E-state index in [4.69, 9.17) is 38.4 Å². The van der Waals surface area contributed by atoms with Crippen molar-refractivity contribution in [1.82, 2.24) is 0 Å². The van der Waals surface area contributed by atoms with Crippen molar-refractivity contribution in [2.24, 2.45) is 5.73 Å². The number of carbonyl (C=O) groups excluding carboxylic acids is 1. The van der Waals surface area contributed by atoms with E-state index >= 15 is 0 Å².